The molecule has 3 aromatic heterocycles. The second-order valence-corrected chi connectivity index (χ2v) is 15.9. The average Bonchev–Trinajstić information content (AvgIpc) is 3.36. The van der Waals surface area contributed by atoms with E-state index in [-0.39, 0.29) is 73.4 Å². The van der Waals surface area contributed by atoms with Crippen LogP contribution in [0.2, 0.25) is 0 Å². The first-order valence-electron chi connectivity index (χ1n) is 23.7. The Morgan fingerprint density at radius 3 is 0.614 bits per heavy atom. The van der Waals surface area contributed by atoms with E-state index in [1.807, 2.05) is 19.6 Å². The number of hydrogen-bond acceptors (Lipinski definition) is 19. The highest BCUT2D eigenvalue weighted by Gasteiger charge is 2.18. The summed E-state index contributed by atoms with van der Waals surface area (Å²) >= 11 is 0. The molecule has 0 fully saturated rings. The molecule has 18 N–H and O–H groups in total. The molecule has 0 aliphatic heterocycles. The zero-order valence-electron chi connectivity index (χ0n) is 40.2. The van der Waals surface area contributed by atoms with Crippen molar-refractivity contribution < 1.29 is 28.8 Å². The van der Waals surface area contributed by atoms with Crippen LogP contribution in [-0.4, -0.2) is 227 Å². The SMILES string of the molecule is NCCN(CCN)CCNC(=O)c1cccc(C(=O)NCCN(CCNC(=O)c2cccc(C(=O)NCCN(CCN)CCN)n2)CCNC(=O)c2cccc(C(=O)NCCN(CCN)CCN)n2)n1. The Labute approximate surface area is 409 Å². The summed E-state index contributed by atoms with van der Waals surface area (Å²) < 4.78 is 0. The van der Waals surface area contributed by atoms with E-state index in [9.17, 15) is 28.8 Å². The Morgan fingerprint density at radius 2 is 0.457 bits per heavy atom. The van der Waals surface area contributed by atoms with Gasteiger partial charge in [-0.1, -0.05) is 18.2 Å². The topological polar surface area (TPSA) is 382 Å². The molecule has 0 unspecified atom stereocenters. The minimum absolute atomic E-state index is 0.0405. The first-order chi connectivity index (χ1) is 34.0. The summed E-state index contributed by atoms with van der Waals surface area (Å²) in [4.78, 5) is 99.2. The molecule has 0 radical (unpaired) electrons. The van der Waals surface area contributed by atoms with Crippen LogP contribution in [0.4, 0.5) is 0 Å². The van der Waals surface area contributed by atoms with Gasteiger partial charge in [-0.25, -0.2) is 15.0 Å². The fraction of sp³-hybridized carbons (Fsp3) is 0.533. The van der Waals surface area contributed by atoms with Gasteiger partial charge in [-0.2, -0.15) is 0 Å². The van der Waals surface area contributed by atoms with E-state index in [1.54, 1.807) is 18.2 Å². The van der Waals surface area contributed by atoms with Crippen LogP contribution >= 0.6 is 0 Å². The van der Waals surface area contributed by atoms with Crippen molar-refractivity contribution in [2.45, 2.75) is 0 Å². The lowest BCUT2D eigenvalue weighted by atomic mass is 10.2. The number of nitrogens with two attached hydrogens (primary N) is 6. The molecule has 25 nitrogen and oxygen atoms in total. The molecular formula is C45H75N19O6. The van der Waals surface area contributed by atoms with E-state index in [2.05, 4.69) is 46.9 Å². The first kappa shape index (κ1) is 58.2. The van der Waals surface area contributed by atoms with E-state index in [4.69, 9.17) is 34.4 Å². The van der Waals surface area contributed by atoms with Crippen molar-refractivity contribution in [3.8, 4) is 0 Å². The number of nitrogens with zero attached hydrogens (tertiary/aromatic N) is 7. The van der Waals surface area contributed by atoms with Crippen molar-refractivity contribution in [3.05, 3.63) is 88.8 Å². The number of rotatable bonds is 36. The zero-order valence-corrected chi connectivity index (χ0v) is 40.2. The normalized spacial score (nSPS) is 11.2. The lowest BCUT2D eigenvalue weighted by Gasteiger charge is -2.23. The highest BCUT2D eigenvalue weighted by atomic mass is 16.2. The van der Waals surface area contributed by atoms with E-state index >= 15 is 0 Å². The van der Waals surface area contributed by atoms with Gasteiger partial charge >= 0.3 is 0 Å². The van der Waals surface area contributed by atoms with E-state index < -0.39 is 35.4 Å². The number of amides is 6. The molecule has 0 aromatic carbocycles. The quantitative estimate of drug-likeness (QED) is 0.0259. The monoisotopic (exact) mass is 978 g/mol. The molecule has 0 spiro atoms. The maximum atomic E-state index is 13.2. The molecule has 0 aliphatic rings. The molecule has 386 valence electrons. The largest absolute Gasteiger partial charge is 0.349 e. The second kappa shape index (κ2) is 34.2. The van der Waals surface area contributed by atoms with Gasteiger partial charge in [0, 0.05) is 157 Å². The maximum absolute atomic E-state index is 13.2. The fourth-order valence-electron chi connectivity index (χ4n) is 7.01. The third kappa shape index (κ3) is 22.1. The molecule has 70 heavy (non-hydrogen) atoms. The van der Waals surface area contributed by atoms with Crippen LogP contribution in [0.5, 0.6) is 0 Å². The van der Waals surface area contributed by atoms with Crippen LogP contribution < -0.4 is 66.3 Å². The van der Waals surface area contributed by atoms with Crippen molar-refractivity contribution in [2.75, 3.05) is 157 Å². The van der Waals surface area contributed by atoms with Crippen LogP contribution in [0.25, 0.3) is 0 Å². The maximum Gasteiger partial charge on any atom is 0.269 e. The number of pyridine rings is 3. The van der Waals surface area contributed by atoms with Gasteiger partial charge in [-0.3, -0.25) is 48.4 Å². The Kier molecular flexibility index (Phi) is 28.4. The molecule has 3 rings (SSSR count). The third-order valence-corrected chi connectivity index (χ3v) is 10.6. The van der Waals surface area contributed by atoms with Crippen LogP contribution in [0.15, 0.2) is 54.6 Å². The van der Waals surface area contributed by atoms with Gasteiger partial charge < -0.3 is 66.3 Å². The van der Waals surface area contributed by atoms with E-state index in [1.165, 1.54) is 36.4 Å². The number of carbonyl (C=O) groups is 6. The lowest BCUT2D eigenvalue weighted by molar-refractivity contribution is 0.0926. The summed E-state index contributed by atoms with van der Waals surface area (Å²) in [5, 5.41) is 16.9. The molecule has 0 atom stereocenters. The van der Waals surface area contributed by atoms with Crippen LogP contribution in [0.3, 0.4) is 0 Å². The number of carbonyl (C=O) groups excluding carboxylic acids is 6. The Bertz CT molecular complexity index is 1820. The van der Waals surface area contributed by atoms with Gasteiger partial charge in [-0.05, 0) is 36.4 Å². The number of aromatic nitrogens is 3. The molecule has 0 saturated heterocycles. The van der Waals surface area contributed by atoms with Crippen LogP contribution in [0, 0.1) is 0 Å². The van der Waals surface area contributed by atoms with Crippen molar-refractivity contribution in [3.63, 3.8) is 0 Å². The first-order valence-corrected chi connectivity index (χ1v) is 23.7. The highest BCUT2D eigenvalue weighted by Crippen LogP contribution is 2.04. The van der Waals surface area contributed by atoms with Crippen LogP contribution in [-0.2, 0) is 0 Å². The van der Waals surface area contributed by atoms with E-state index in [0.717, 1.165) is 0 Å². The Balaban J connectivity index is 1.62. The summed E-state index contributed by atoms with van der Waals surface area (Å²) in [6.07, 6.45) is 0. The minimum atomic E-state index is -0.509. The summed E-state index contributed by atoms with van der Waals surface area (Å²) in [7, 11) is 0. The highest BCUT2D eigenvalue weighted by molar-refractivity contribution is 5.98. The minimum Gasteiger partial charge on any atom is -0.349 e. The predicted octanol–water partition coefficient (Wildman–Crippen LogP) is -5.39. The molecular weight excluding hydrogens is 903 g/mol. The Hall–Kier alpha value is -6.13. The fourth-order valence-corrected chi connectivity index (χ4v) is 7.01. The summed E-state index contributed by atoms with van der Waals surface area (Å²) in [6.45, 7) is 10.5. The van der Waals surface area contributed by atoms with Gasteiger partial charge in [-0.15, -0.1) is 0 Å². The van der Waals surface area contributed by atoms with Crippen molar-refractivity contribution >= 4 is 35.4 Å². The second-order valence-electron chi connectivity index (χ2n) is 15.9. The molecule has 6 amide bonds. The summed E-state index contributed by atoms with van der Waals surface area (Å²) in [6, 6.07) is 13.8. The van der Waals surface area contributed by atoms with Gasteiger partial charge in [0.2, 0.25) is 0 Å². The number of hydrogen-bond donors (Lipinski definition) is 12. The Morgan fingerprint density at radius 1 is 0.300 bits per heavy atom. The van der Waals surface area contributed by atoms with Gasteiger partial charge in [0.1, 0.15) is 34.2 Å². The van der Waals surface area contributed by atoms with Crippen molar-refractivity contribution in [1.82, 2.24) is 66.5 Å². The smallest absolute Gasteiger partial charge is 0.269 e. The summed E-state index contributed by atoms with van der Waals surface area (Å²) in [5.74, 6) is -2.84. The third-order valence-electron chi connectivity index (χ3n) is 10.6. The van der Waals surface area contributed by atoms with E-state index in [0.29, 0.717) is 118 Å². The standard InChI is InChI=1S/C45H75N19O6/c46-10-22-61(23-11-47)28-16-52-40(65)34-4-1-7-37(58-34)43(68)55-19-31-64(32-20-56-44(69)38-8-2-5-35(59-38)41(66)53-17-29-62(24-12-48)25-13-49)33-21-57-45(70)39-9-3-6-36(60-39)42(67)54-18-30-63(26-14-50)27-15-51/h1-9H,10-33,46-51H2,(H,52,65)(H,53,66)(H,54,67)(H,55,68)(H,56,69)(H,57,70). The molecule has 0 bridgehead atoms. The van der Waals surface area contributed by atoms with Gasteiger partial charge in [0.25, 0.3) is 35.4 Å². The zero-order chi connectivity index (χ0) is 50.9. The van der Waals surface area contributed by atoms with Gasteiger partial charge in [0.15, 0.2) is 0 Å². The van der Waals surface area contributed by atoms with Gasteiger partial charge in [0.05, 0.1) is 0 Å². The van der Waals surface area contributed by atoms with Crippen molar-refractivity contribution in [1.29, 1.82) is 0 Å². The molecule has 0 saturated carbocycles. The molecule has 3 heterocycles. The average molecular weight is 978 g/mol. The lowest BCUT2D eigenvalue weighted by Crippen LogP contribution is -2.43. The number of nitrogens with one attached hydrogen (secondary N) is 6. The molecule has 3 aromatic rings. The predicted molar refractivity (Wildman–Crippen MR) is 267 cm³/mol. The molecule has 25 heteroatoms. The van der Waals surface area contributed by atoms with Crippen LogP contribution in [0.1, 0.15) is 62.9 Å². The molecule has 0 aliphatic carbocycles. The van der Waals surface area contributed by atoms with Crippen molar-refractivity contribution in [2.24, 2.45) is 34.4 Å². The summed E-state index contributed by atoms with van der Waals surface area (Å²) in [5.41, 5.74) is 34.4.